The van der Waals surface area contributed by atoms with Gasteiger partial charge in [-0.3, -0.25) is 0 Å². The molecule has 2 rings (SSSR count). The highest BCUT2D eigenvalue weighted by atomic mass is 16.5. The van der Waals surface area contributed by atoms with E-state index in [1.54, 1.807) is 18.2 Å². The number of nitrogens with two attached hydrogens (primary N) is 1. The summed E-state index contributed by atoms with van der Waals surface area (Å²) >= 11 is 0. The van der Waals surface area contributed by atoms with Crippen LogP contribution in [0, 0.1) is 5.92 Å². The molecule has 2 unspecified atom stereocenters. The Morgan fingerprint density at radius 2 is 2.05 bits per heavy atom. The summed E-state index contributed by atoms with van der Waals surface area (Å²) in [6.45, 7) is 4.57. The number of rotatable bonds is 4. The van der Waals surface area contributed by atoms with Crippen LogP contribution in [-0.4, -0.2) is 18.7 Å². The molecule has 2 N–H and O–H groups in total. The van der Waals surface area contributed by atoms with Crippen molar-refractivity contribution in [2.75, 3.05) is 12.3 Å². The van der Waals surface area contributed by atoms with Crippen LogP contribution < -0.4 is 10.5 Å². The minimum Gasteiger partial charge on any atom is -0.494 e. The van der Waals surface area contributed by atoms with Gasteiger partial charge in [0.25, 0.3) is 0 Å². The molecule has 1 fully saturated rings. The summed E-state index contributed by atoms with van der Waals surface area (Å²) in [7, 11) is 0. The third-order valence-corrected chi connectivity index (χ3v) is 3.77. The van der Waals surface area contributed by atoms with Gasteiger partial charge in [0.1, 0.15) is 11.9 Å². The molecule has 1 aliphatic rings. The van der Waals surface area contributed by atoms with Gasteiger partial charge in [-0.15, -0.1) is 0 Å². The van der Waals surface area contributed by atoms with Crippen molar-refractivity contribution in [3.63, 3.8) is 0 Å². The van der Waals surface area contributed by atoms with Gasteiger partial charge in [-0.25, -0.2) is 4.79 Å². The average Bonchev–Trinajstić information content (AvgIpc) is 2.41. The molecule has 0 heterocycles. The molecule has 4 heteroatoms. The summed E-state index contributed by atoms with van der Waals surface area (Å²) in [5.74, 6) is 0.730. The summed E-state index contributed by atoms with van der Waals surface area (Å²) in [5.41, 5.74) is 6.78. The van der Waals surface area contributed by atoms with Crippen LogP contribution >= 0.6 is 0 Å². The number of anilines is 1. The smallest absolute Gasteiger partial charge is 0.338 e. The Morgan fingerprint density at radius 3 is 2.75 bits per heavy atom. The van der Waals surface area contributed by atoms with Crippen LogP contribution in [0.4, 0.5) is 5.69 Å². The van der Waals surface area contributed by atoms with Gasteiger partial charge in [0.2, 0.25) is 0 Å². The molecule has 1 saturated carbocycles. The van der Waals surface area contributed by atoms with E-state index in [9.17, 15) is 4.79 Å². The number of carbonyl (C=O) groups excluding carboxylic acids is 1. The minimum absolute atomic E-state index is 0.0215. The third kappa shape index (κ3) is 3.65. The van der Waals surface area contributed by atoms with E-state index in [0.29, 0.717) is 29.5 Å². The Hall–Kier alpha value is -1.71. The Kier molecular flexibility index (Phi) is 4.88. The maximum atomic E-state index is 12.2. The van der Waals surface area contributed by atoms with E-state index in [-0.39, 0.29) is 12.1 Å². The fraction of sp³-hybridized carbons (Fsp3) is 0.562. The van der Waals surface area contributed by atoms with E-state index < -0.39 is 0 Å². The van der Waals surface area contributed by atoms with Gasteiger partial charge in [-0.2, -0.15) is 0 Å². The lowest BCUT2D eigenvalue weighted by Crippen LogP contribution is -2.28. The van der Waals surface area contributed by atoms with Crippen LogP contribution in [0.25, 0.3) is 0 Å². The molecule has 0 amide bonds. The van der Waals surface area contributed by atoms with Crippen LogP contribution in [0.15, 0.2) is 18.2 Å². The van der Waals surface area contributed by atoms with Gasteiger partial charge in [0.15, 0.2) is 0 Å². The van der Waals surface area contributed by atoms with E-state index in [2.05, 4.69) is 6.92 Å². The molecule has 1 aromatic carbocycles. The van der Waals surface area contributed by atoms with E-state index in [1.807, 2.05) is 6.92 Å². The number of esters is 1. The predicted molar refractivity (Wildman–Crippen MR) is 78.9 cm³/mol. The van der Waals surface area contributed by atoms with E-state index in [1.165, 1.54) is 6.42 Å². The van der Waals surface area contributed by atoms with Gasteiger partial charge < -0.3 is 15.2 Å². The summed E-state index contributed by atoms with van der Waals surface area (Å²) in [6.07, 6.45) is 4.45. The van der Waals surface area contributed by atoms with Gasteiger partial charge in [0, 0.05) is 11.8 Å². The zero-order valence-corrected chi connectivity index (χ0v) is 12.2. The fourth-order valence-corrected chi connectivity index (χ4v) is 2.65. The van der Waals surface area contributed by atoms with E-state index >= 15 is 0 Å². The average molecular weight is 277 g/mol. The number of nitrogen functional groups attached to an aromatic ring is 1. The van der Waals surface area contributed by atoms with Crippen molar-refractivity contribution in [1.82, 2.24) is 0 Å². The summed E-state index contributed by atoms with van der Waals surface area (Å²) in [4.78, 5) is 12.2. The normalized spacial score (nSPS) is 22.3. The molecule has 110 valence electrons. The maximum absolute atomic E-state index is 12.2. The van der Waals surface area contributed by atoms with Crippen LogP contribution in [0.1, 0.15) is 49.9 Å². The number of hydrogen-bond donors (Lipinski definition) is 1. The molecule has 1 aromatic rings. The highest BCUT2D eigenvalue weighted by Gasteiger charge is 2.25. The Labute approximate surface area is 120 Å². The molecule has 0 aromatic heterocycles. The highest BCUT2D eigenvalue weighted by molar-refractivity contribution is 5.91. The molecule has 1 aliphatic carbocycles. The van der Waals surface area contributed by atoms with Crippen molar-refractivity contribution < 1.29 is 14.3 Å². The van der Waals surface area contributed by atoms with Crippen molar-refractivity contribution >= 4 is 11.7 Å². The van der Waals surface area contributed by atoms with Crippen molar-refractivity contribution in [2.24, 2.45) is 5.92 Å². The second-order valence-electron chi connectivity index (χ2n) is 5.43. The Balaban J connectivity index is 2.08. The molecule has 0 saturated heterocycles. The van der Waals surface area contributed by atoms with Crippen molar-refractivity contribution in [3.8, 4) is 5.75 Å². The monoisotopic (exact) mass is 277 g/mol. The zero-order valence-electron chi connectivity index (χ0n) is 12.2. The molecule has 4 nitrogen and oxygen atoms in total. The Morgan fingerprint density at radius 1 is 1.30 bits per heavy atom. The molecule has 0 bridgehead atoms. The number of carbonyl (C=O) groups is 1. The lowest BCUT2D eigenvalue weighted by Gasteiger charge is -2.28. The summed E-state index contributed by atoms with van der Waals surface area (Å²) < 4.78 is 11.0. The summed E-state index contributed by atoms with van der Waals surface area (Å²) in [5, 5.41) is 0. The first-order valence-electron chi connectivity index (χ1n) is 7.34. The molecule has 0 radical (unpaired) electrons. The van der Waals surface area contributed by atoms with Crippen molar-refractivity contribution in [3.05, 3.63) is 23.8 Å². The molecule has 20 heavy (non-hydrogen) atoms. The minimum atomic E-state index is -0.308. The summed E-state index contributed by atoms with van der Waals surface area (Å²) in [6, 6.07) is 5.04. The first-order chi connectivity index (χ1) is 9.60. The quantitative estimate of drug-likeness (QED) is 0.676. The number of hydrogen-bond acceptors (Lipinski definition) is 4. The van der Waals surface area contributed by atoms with Gasteiger partial charge in [-0.05, 0) is 44.2 Å². The highest BCUT2D eigenvalue weighted by Crippen LogP contribution is 2.28. The fourth-order valence-electron chi connectivity index (χ4n) is 2.65. The lowest BCUT2D eigenvalue weighted by molar-refractivity contribution is 0.00478. The topological polar surface area (TPSA) is 61.5 Å². The first kappa shape index (κ1) is 14.7. The van der Waals surface area contributed by atoms with Crippen LogP contribution in [0.3, 0.4) is 0 Å². The molecule has 2 atom stereocenters. The molecular formula is C16H23NO3. The Bertz CT molecular complexity index is 473. The van der Waals surface area contributed by atoms with Gasteiger partial charge in [-0.1, -0.05) is 13.3 Å². The van der Waals surface area contributed by atoms with Crippen LogP contribution in [0.5, 0.6) is 5.75 Å². The second kappa shape index (κ2) is 6.64. The molecule has 0 spiro atoms. The van der Waals surface area contributed by atoms with Crippen molar-refractivity contribution in [2.45, 2.75) is 45.6 Å². The number of benzene rings is 1. The third-order valence-electron chi connectivity index (χ3n) is 3.77. The SMILES string of the molecule is CCOc1cc(N)cc(C(=O)OC2CCCCC2C)c1. The van der Waals surface area contributed by atoms with Crippen molar-refractivity contribution in [1.29, 1.82) is 0 Å². The largest absolute Gasteiger partial charge is 0.494 e. The van der Waals surface area contributed by atoms with E-state index in [4.69, 9.17) is 15.2 Å². The van der Waals surface area contributed by atoms with E-state index in [0.717, 1.165) is 19.3 Å². The lowest BCUT2D eigenvalue weighted by atomic mass is 9.88. The standard InChI is InChI=1S/C16H23NO3/c1-3-19-14-9-12(8-13(17)10-14)16(18)20-15-7-5-4-6-11(15)2/h8-11,15H,3-7,17H2,1-2H3. The zero-order chi connectivity index (χ0) is 14.5. The van der Waals surface area contributed by atoms with Crippen LogP contribution in [-0.2, 0) is 4.74 Å². The van der Waals surface area contributed by atoms with Gasteiger partial charge >= 0.3 is 5.97 Å². The first-order valence-corrected chi connectivity index (χ1v) is 7.34. The molecule has 0 aliphatic heterocycles. The maximum Gasteiger partial charge on any atom is 0.338 e. The second-order valence-corrected chi connectivity index (χ2v) is 5.43. The predicted octanol–water partition coefficient (Wildman–Crippen LogP) is 3.40. The molecular weight excluding hydrogens is 254 g/mol. The van der Waals surface area contributed by atoms with Gasteiger partial charge in [0.05, 0.1) is 12.2 Å². The van der Waals surface area contributed by atoms with Crippen LogP contribution in [0.2, 0.25) is 0 Å². The number of ether oxygens (including phenoxy) is 2.